The third kappa shape index (κ3) is 2.17. The van der Waals surface area contributed by atoms with E-state index in [0.29, 0.717) is 5.75 Å². The summed E-state index contributed by atoms with van der Waals surface area (Å²) in [4.78, 5) is 12.0. The van der Waals surface area contributed by atoms with Crippen molar-refractivity contribution in [2.75, 3.05) is 0 Å². The zero-order valence-electron chi connectivity index (χ0n) is 9.97. The van der Waals surface area contributed by atoms with Crippen LogP contribution in [0.25, 0.3) is 0 Å². The van der Waals surface area contributed by atoms with Crippen LogP contribution >= 0.6 is 0 Å². The third-order valence-corrected chi connectivity index (χ3v) is 3.12. The molecule has 0 aliphatic carbocycles. The molecule has 1 aliphatic rings. The third-order valence-electron chi connectivity index (χ3n) is 3.12. The molecule has 19 heavy (non-hydrogen) atoms. The van der Waals surface area contributed by atoms with Crippen LogP contribution in [0.4, 0.5) is 4.39 Å². The molecule has 0 bridgehead atoms. The van der Waals surface area contributed by atoms with Crippen molar-refractivity contribution in [2.45, 2.75) is 12.5 Å². The Balaban J connectivity index is 1.97. The molecule has 3 rings (SSSR count). The van der Waals surface area contributed by atoms with Gasteiger partial charge in [0.1, 0.15) is 23.4 Å². The Morgan fingerprint density at radius 2 is 2.05 bits per heavy atom. The predicted octanol–water partition coefficient (Wildman–Crippen LogP) is 3.24. The number of fused-ring (bicyclic) bond motifs is 1. The molecule has 0 saturated carbocycles. The Bertz CT molecular complexity index is 652. The highest BCUT2D eigenvalue weighted by molar-refractivity contribution is 6.00. The number of Topliss-reactive ketones (excluding diaryl/α,β-unsaturated/α-hetero) is 1. The lowest BCUT2D eigenvalue weighted by molar-refractivity contribution is 0.0848. The van der Waals surface area contributed by atoms with Gasteiger partial charge in [-0.15, -0.1) is 0 Å². The van der Waals surface area contributed by atoms with Gasteiger partial charge < -0.3 is 9.84 Å². The summed E-state index contributed by atoms with van der Waals surface area (Å²) >= 11 is 0. The average Bonchev–Trinajstić information content (AvgIpc) is 2.39. The largest absolute Gasteiger partial charge is 0.508 e. The van der Waals surface area contributed by atoms with Crippen LogP contribution in [-0.4, -0.2) is 10.9 Å². The van der Waals surface area contributed by atoms with Gasteiger partial charge in [-0.2, -0.15) is 0 Å². The quantitative estimate of drug-likeness (QED) is 0.854. The first-order valence-electron chi connectivity index (χ1n) is 5.92. The molecular weight excluding hydrogens is 247 g/mol. The monoisotopic (exact) mass is 258 g/mol. The van der Waals surface area contributed by atoms with Crippen molar-refractivity contribution in [2.24, 2.45) is 0 Å². The number of ether oxygens (including phenoxy) is 1. The van der Waals surface area contributed by atoms with E-state index < -0.39 is 11.9 Å². The highest BCUT2D eigenvalue weighted by Crippen LogP contribution is 2.35. The Morgan fingerprint density at radius 1 is 1.21 bits per heavy atom. The van der Waals surface area contributed by atoms with Crippen LogP contribution in [-0.2, 0) is 0 Å². The number of aromatic hydroxyl groups is 1. The van der Waals surface area contributed by atoms with E-state index >= 15 is 0 Å². The predicted molar refractivity (Wildman–Crippen MR) is 66.8 cm³/mol. The van der Waals surface area contributed by atoms with E-state index in [2.05, 4.69) is 0 Å². The van der Waals surface area contributed by atoms with Gasteiger partial charge in [-0.1, -0.05) is 12.1 Å². The highest BCUT2D eigenvalue weighted by Gasteiger charge is 2.28. The van der Waals surface area contributed by atoms with E-state index in [0.717, 1.165) is 5.56 Å². The zero-order valence-corrected chi connectivity index (χ0v) is 9.97. The van der Waals surface area contributed by atoms with Crippen LogP contribution in [0.15, 0.2) is 42.5 Å². The molecule has 0 radical (unpaired) electrons. The first kappa shape index (κ1) is 11.7. The summed E-state index contributed by atoms with van der Waals surface area (Å²) in [6.45, 7) is 0. The maximum absolute atomic E-state index is 13.1. The smallest absolute Gasteiger partial charge is 0.170 e. The van der Waals surface area contributed by atoms with Gasteiger partial charge in [0.25, 0.3) is 0 Å². The molecule has 1 unspecified atom stereocenters. The number of phenolic OH excluding ortho intramolecular Hbond substituents is 1. The number of phenols is 1. The van der Waals surface area contributed by atoms with Crippen molar-refractivity contribution >= 4 is 5.78 Å². The van der Waals surface area contributed by atoms with E-state index in [-0.39, 0.29) is 23.5 Å². The van der Waals surface area contributed by atoms with Crippen molar-refractivity contribution in [1.29, 1.82) is 0 Å². The van der Waals surface area contributed by atoms with Crippen LogP contribution in [0, 0.1) is 5.82 Å². The molecule has 0 amide bonds. The molecule has 2 aromatic carbocycles. The van der Waals surface area contributed by atoms with Gasteiger partial charge in [0.15, 0.2) is 5.78 Å². The summed E-state index contributed by atoms with van der Waals surface area (Å²) in [6.07, 6.45) is -0.308. The standard InChI is InChI=1S/C15H11FO3/c16-10-4-5-14-12(7-10)13(18)8-15(19-14)9-2-1-3-11(17)6-9/h1-7,15,17H,8H2. The van der Waals surface area contributed by atoms with Crippen molar-refractivity contribution < 1.29 is 19.0 Å². The number of ketones is 1. The summed E-state index contributed by atoms with van der Waals surface area (Å²) in [5.41, 5.74) is 1.000. The Hall–Kier alpha value is -2.36. The molecule has 0 spiro atoms. The molecule has 0 aromatic heterocycles. The van der Waals surface area contributed by atoms with Crippen LogP contribution in [0.1, 0.15) is 28.4 Å². The fourth-order valence-corrected chi connectivity index (χ4v) is 2.21. The number of carbonyl (C=O) groups is 1. The number of hydrogen-bond donors (Lipinski definition) is 1. The summed E-state index contributed by atoms with van der Waals surface area (Å²) in [6, 6.07) is 10.5. The van der Waals surface area contributed by atoms with Gasteiger partial charge in [-0.25, -0.2) is 4.39 Å². The van der Waals surface area contributed by atoms with Gasteiger partial charge in [0, 0.05) is 0 Å². The molecule has 1 atom stereocenters. The summed E-state index contributed by atoms with van der Waals surface area (Å²) in [5, 5.41) is 9.45. The van der Waals surface area contributed by atoms with Gasteiger partial charge in [-0.3, -0.25) is 4.79 Å². The minimum atomic E-state index is -0.452. The minimum Gasteiger partial charge on any atom is -0.508 e. The summed E-state index contributed by atoms with van der Waals surface area (Å²) < 4.78 is 18.8. The maximum Gasteiger partial charge on any atom is 0.170 e. The molecule has 4 heteroatoms. The molecule has 2 aromatic rings. The topological polar surface area (TPSA) is 46.5 Å². The van der Waals surface area contributed by atoms with Gasteiger partial charge >= 0.3 is 0 Å². The molecule has 1 N–H and O–H groups in total. The molecule has 0 fully saturated rings. The van der Waals surface area contributed by atoms with Gasteiger partial charge in [0.05, 0.1) is 12.0 Å². The first-order valence-corrected chi connectivity index (χ1v) is 5.92. The van der Waals surface area contributed by atoms with Crippen LogP contribution < -0.4 is 4.74 Å². The Kier molecular flexibility index (Phi) is 2.71. The molecule has 3 nitrogen and oxygen atoms in total. The Labute approximate surface area is 109 Å². The number of halogens is 1. The maximum atomic E-state index is 13.1. The lowest BCUT2D eigenvalue weighted by atomic mass is 9.96. The fraction of sp³-hybridized carbons (Fsp3) is 0.133. The lowest BCUT2D eigenvalue weighted by Gasteiger charge is -2.25. The zero-order chi connectivity index (χ0) is 13.4. The SMILES string of the molecule is O=C1CC(c2cccc(O)c2)Oc2ccc(F)cc21. The number of carbonyl (C=O) groups excluding carboxylic acids is 1. The number of benzene rings is 2. The van der Waals surface area contributed by atoms with Crippen LogP contribution in [0.5, 0.6) is 11.5 Å². The second kappa shape index (κ2) is 4.39. The number of rotatable bonds is 1. The normalized spacial score (nSPS) is 17.7. The first-order chi connectivity index (χ1) is 9.13. The fourth-order valence-electron chi connectivity index (χ4n) is 2.21. The number of hydrogen-bond acceptors (Lipinski definition) is 3. The molecule has 96 valence electrons. The molecule has 0 saturated heterocycles. The van der Waals surface area contributed by atoms with Crippen molar-refractivity contribution in [3.05, 3.63) is 59.4 Å². The molecular formula is C15H11FO3. The van der Waals surface area contributed by atoms with E-state index in [4.69, 9.17) is 4.74 Å². The van der Waals surface area contributed by atoms with E-state index in [9.17, 15) is 14.3 Å². The van der Waals surface area contributed by atoms with Crippen molar-refractivity contribution in [1.82, 2.24) is 0 Å². The van der Waals surface area contributed by atoms with Gasteiger partial charge in [0.2, 0.25) is 0 Å². The molecule has 1 heterocycles. The van der Waals surface area contributed by atoms with Gasteiger partial charge in [-0.05, 0) is 35.9 Å². The second-order valence-electron chi connectivity index (χ2n) is 4.47. The summed E-state index contributed by atoms with van der Waals surface area (Å²) in [5.74, 6) is -0.106. The van der Waals surface area contributed by atoms with Crippen LogP contribution in [0.2, 0.25) is 0 Å². The average molecular weight is 258 g/mol. The highest BCUT2D eigenvalue weighted by atomic mass is 19.1. The molecule has 1 aliphatic heterocycles. The minimum absolute atomic E-state index is 0.124. The summed E-state index contributed by atoms with van der Waals surface area (Å²) in [7, 11) is 0. The van der Waals surface area contributed by atoms with E-state index in [1.165, 1.54) is 18.2 Å². The Morgan fingerprint density at radius 3 is 2.84 bits per heavy atom. The van der Waals surface area contributed by atoms with Crippen LogP contribution in [0.3, 0.4) is 0 Å². The van der Waals surface area contributed by atoms with E-state index in [1.807, 2.05) is 0 Å². The van der Waals surface area contributed by atoms with Crippen molar-refractivity contribution in [3.63, 3.8) is 0 Å². The van der Waals surface area contributed by atoms with E-state index in [1.54, 1.807) is 24.3 Å². The van der Waals surface area contributed by atoms with Crippen molar-refractivity contribution in [3.8, 4) is 11.5 Å². The lowest BCUT2D eigenvalue weighted by Crippen LogP contribution is -2.20. The second-order valence-corrected chi connectivity index (χ2v) is 4.47.